The second-order valence-corrected chi connectivity index (χ2v) is 10.2. The van der Waals surface area contributed by atoms with Gasteiger partial charge in [-0.05, 0) is 51.8 Å². The van der Waals surface area contributed by atoms with Gasteiger partial charge in [0.1, 0.15) is 18.0 Å². The minimum Gasteiger partial charge on any atom is -0.466 e. The van der Waals surface area contributed by atoms with Crippen molar-refractivity contribution in [3.63, 3.8) is 0 Å². The molecule has 1 fully saturated rings. The number of hydrogen-bond acceptors (Lipinski definition) is 9. The second-order valence-electron chi connectivity index (χ2n) is 9.26. The number of methoxy groups -OCH3 is 2. The third kappa shape index (κ3) is 6.66. The predicted molar refractivity (Wildman–Crippen MR) is 133 cm³/mol. The Kier molecular flexibility index (Phi) is 8.65. The highest BCUT2D eigenvalue weighted by atomic mass is 79.9. The SMILES string of the molecule is COC(=O)C1=C(C(=O)OC)N(c2cc(Br)ccc2NC2CCN(C(=O)OC(C)(C)C)CC2)COC1. The number of hydrogen-bond donors (Lipinski definition) is 1. The number of esters is 2. The lowest BCUT2D eigenvalue weighted by atomic mass is 10.0. The van der Waals surface area contributed by atoms with Crippen LogP contribution in [0.3, 0.4) is 0 Å². The van der Waals surface area contributed by atoms with Crippen LogP contribution in [-0.4, -0.2) is 75.2 Å². The molecule has 11 heteroatoms. The molecule has 3 rings (SSSR count). The number of nitrogens with one attached hydrogen (secondary N) is 1. The fourth-order valence-electron chi connectivity index (χ4n) is 3.94. The average molecular weight is 554 g/mol. The van der Waals surface area contributed by atoms with E-state index in [9.17, 15) is 14.4 Å². The van der Waals surface area contributed by atoms with Crippen LogP contribution in [0.15, 0.2) is 33.9 Å². The number of likely N-dealkylation sites (tertiary alicyclic amines) is 1. The summed E-state index contributed by atoms with van der Waals surface area (Å²) in [7, 11) is 2.51. The molecule has 2 aliphatic heterocycles. The first-order chi connectivity index (χ1) is 16.5. The zero-order valence-electron chi connectivity index (χ0n) is 20.7. The summed E-state index contributed by atoms with van der Waals surface area (Å²) in [6, 6.07) is 5.70. The van der Waals surface area contributed by atoms with Crippen molar-refractivity contribution >= 4 is 45.3 Å². The van der Waals surface area contributed by atoms with Gasteiger partial charge in [-0.2, -0.15) is 0 Å². The van der Waals surface area contributed by atoms with Gasteiger partial charge in [0, 0.05) is 23.6 Å². The Morgan fingerprint density at radius 1 is 1.09 bits per heavy atom. The maximum absolute atomic E-state index is 12.7. The van der Waals surface area contributed by atoms with Crippen molar-refractivity contribution in [1.29, 1.82) is 0 Å². The highest BCUT2D eigenvalue weighted by molar-refractivity contribution is 9.10. The van der Waals surface area contributed by atoms with E-state index in [0.29, 0.717) is 18.8 Å². The van der Waals surface area contributed by atoms with E-state index < -0.39 is 17.5 Å². The van der Waals surface area contributed by atoms with Gasteiger partial charge in [0.25, 0.3) is 0 Å². The molecule has 1 amide bonds. The smallest absolute Gasteiger partial charge is 0.410 e. The molecule has 0 aliphatic carbocycles. The molecule has 1 aromatic carbocycles. The number of nitrogens with zero attached hydrogens (tertiary/aromatic N) is 2. The summed E-state index contributed by atoms with van der Waals surface area (Å²) in [5.74, 6) is -1.32. The molecule has 0 radical (unpaired) electrons. The Morgan fingerprint density at radius 2 is 1.74 bits per heavy atom. The van der Waals surface area contributed by atoms with Crippen LogP contribution in [0.2, 0.25) is 0 Å². The molecular weight excluding hydrogens is 522 g/mol. The molecule has 1 aromatic rings. The van der Waals surface area contributed by atoms with Gasteiger partial charge >= 0.3 is 18.0 Å². The summed E-state index contributed by atoms with van der Waals surface area (Å²) in [6.07, 6.45) is 1.13. The van der Waals surface area contributed by atoms with Crippen LogP contribution in [0.4, 0.5) is 16.2 Å². The van der Waals surface area contributed by atoms with Crippen molar-refractivity contribution in [2.75, 3.05) is 50.9 Å². The number of halogens is 1. The summed E-state index contributed by atoms with van der Waals surface area (Å²) in [5, 5.41) is 3.53. The van der Waals surface area contributed by atoms with E-state index in [1.165, 1.54) is 14.2 Å². The number of benzene rings is 1. The first-order valence-electron chi connectivity index (χ1n) is 11.3. The van der Waals surface area contributed by atoms with Crippen molar-refractivity contribution < 1.29 is 33.3 Å². The van der Waals surface area contributed by atoms with E-state index in [-0.39, 0.29) is 36.7 Å². The standard InChI is InChI=1S/C24H32BrN3O7/c1-24(2,3)35-23(31)27-10-8-16(9-11-27)26-18-7-6-15(25)12-19(18)28-14-34-13-17(21(29)32-4)20(28)22(30)33-5/h6-7,12,16,26H,8-11,13-14H2,1-5H3. The van der Waals surface area contributed by atoms with Gasteiger partial charge in [0.15, 0.2) is 0 Å². The molecule has 1 saturated heterocycles. The molecule has 2 heterocycles. The topological polar surface area (TPSA) is 107 Å². The molecule has 0 unspecified atom stereocenters. The van der Waals surface area contributed by atoms with Gasteiger partial charge in [-0.15, -0.1) is 0 Å². The van der Waals surface area contributed by atoms with E-state index in [2.05, 4.69) is 21.2 Å². The number of carbonyl (C=O) groups excluding carboxylic acids is 3. The molecule has 1 N–H and O–H groups in total. The average Bonchev–Trinajstić information content (AvgIpc) is 2.83. The van der Waals surface area contributed by atoms with E-state index >= 15 is 0 Å². The molecule has 0 bridgehead atoms. The number of carbonyl (C=O) groups is 3. The van der Waals surface area contributed by atoms with Crippen molar-refractivity contribution in [3.8, 4) is 0 Å². The zero-order chi connectivity index (χ0) is 25.8. The molecule has 0 atom stereocenters. The molecule has 10 nitrogen and oxygen atoms in total. The number of rotatable bonds is 5. The second kappa shape index (κ2) is 11.3. The fourth-order valence-corrected chi connectivity index (χ4v) is 4.29. The third-order valence-electron chi connectivity index (χ3n) is 5.59. The number of ether oxygens (including phenoxy) is 4. The van der Waals surface area contributed by atoms with Crippen LogP contribution in [-0.2, 0) is 28.5 Å². The van der Waals surface area contributed by atoms with Gasteiger partial charge in [0.05, 0.1) is 37.8 Å². The maximum Gasteiger partial charge on any atom is 0.410 e. The van der Waals surface area contributed by atoms with Crippen molar-refractivity contribution in [1.82, 2.24) is 4.90 Å². The fraction of sp³-hybridized carbons (Fsp3) is 0.542. The highest BCUT2D eigenvalue weighted by Crippen LogP contribution is 2.36. The number of amides is 1. The monoisotopic (exact) mass is 553 g/mol. The molecule has 0 saturated carbocycles. The lowest BCUT2D eigenvalue weighted by molar-refractivity contribution is -0.140. The lowest BCUT2D eigenvalue weighted by Gasteiger charge is -2.36. The summed E-state index contributed by atoms with van der Waals surface area (Å²) in [6.45, 7) is 6.65. The van der Waals surface area contributed by atoms with Crippen molar-refractivity contribution in [3.05, 3.63) is 33.9 Å². The highest BCUT2D eigenvalue weighted by Gasteiger charge is 2.34. The maximum atomic E-state index is 12.7. The van der Waals surface area contributed by atoms with E-state index in [1.54, 1.807) is 9.80 Å². The van der Waals surface area contributed by atoms with Gasteiger partial charge < -0.3 is 34.1 Å². The molecule has 192 valence electrons. The van der Waals surface area contributed by atoms with Gasteiger partial charge in [-0.1, -0.05) is 15.9 Å². The Labute approximate surface area is 213 Å². The normalized spacial score (nSPS) is 17.2. The first kappa shape index (κ1) is 26.8. The summed E-state index contributed by atoms with van der Waals surface area (Å²) < 4.78 is 21.7. The van der Waals surface area contributed by atoms with E-state index in [0.717, 1.165) is 23.0 Å². The van der Waals surface area contributed by atoms with Crippen LogP contribution in [0.25, 0.3) is 0 Å². The summed E-state index contributed by atoms with van der Waals surface area (Å²) in [5.41, 5.74) is 1.01. The van der Waals surface area contributed by atoms with E-state index in [4.69, 9.17) is 18.9 Å². The lowest BCUT2D eigenvalue weighted by Crippen LogP contribution is -2.44. The zero-order valence-corrected chi connectivity index (χ0v) is 22.3. The summed E-state index contributed by atoms with van der Waals surface area (Å²) >= 11 is 3.49. The Hall–Kier alpha value is -2.79. The molecule has 35 heavy (non-hydrogen) atoms. The quantitative estimate of drug-likeness (QED) is 0.431. The first-order valence-corrected chi connectivity index (χ1v) is 12.1. The molecule has 0 spiro atoms. The largest absolute Gasteiger partial charge is 0.466 e. The van der Waals surface area contributed by atoms with Crippen LogP contribution in [0.1, 0.15) is 33.6 Å². The Balaban J connectivity index is 1.83. The van der Waals surface area contributed by atoms with Crippen LogP contribution in [0.5, 0.6) is 0 Å². The van der Waals surface area contributed by atoms with E-state index in [1.807, 2.05) is 39.0 Å². The predicted octanol–water partition coefficient (Wildman–Crippen LogP) is 3.65. The molecular formula is C24H32BrN3O7. The number of piperidine rings is 1. The van der Waals surface area contributed by atoms with Crippen molar-refractivity contribution in [2.24, 2.45) is 0 Å². The van der Waals surface area contributed by atoms with Gasteiger partial charge in [-0.3, -0.25) is 0 Å². The molecule has 0 aromatic heterocycles. The summed E-state index contributed by atoms with van der Waals surface area (Å²) in [4.78, 5) is 40.8. The van der Waals surface area contributed by atoms with Crippen LogP contribution >= 0.6 is 15.9 Å². The minimum atomic E-state index is -0.662. The van der Waals surface area contributed by atoms with Crippen LogP contribution < -0.4 is 10.2 Å². The van der Waals surface area contributed by atoms with Gasteiger partial charge in [0.2, 0.25) is 0 Å². The number of anilines is 2. The van der Waals surface area contributed by atoms with Crippen molar-refractivity contribution in [2.45, 2.75) is 45.3 Å². The molecule has 2 aliphatic rings. The van der Waals surface area contributed by atoms with Gasteiger partial charge in [-0.25, -0.2) is 14.4 Å². The third-order valence-corrected chi connectivity index (χ3v) is 6.08. The Morgan fingerprint density at radius 3 is 2.34 bits per heavy atom. The minimum absolute atomic E-state index is 0.0488. The van der Waals surface area contributed by atoms with Crippen LogP contribution in [0, 0.1) is 0 Å². The Bertz CT molecular complexity index is 997.